The average Bonchev–Trinajstić information content (AvgIpc) is 3.10. The Balaban J connectivity index is 1.58. The highest BCUT2D eigenvalue weighted by molar-refractivity contribution is 5.90. The fourth-order valence-electron chi connectivity index (χ4n) is 4.36. The second-order valence-electron chi connectivity index (χ2n) is 6.55. The summed E-state index contributed by atoms with van der Waals surface area (Å²) < 4.78 is 0. The fraction of sp³-hybridized carbons (Fsp3) is 0.529. The van der Waals surface area contributed by atoms with Gasteiger partial charge in [0, 0.05) is 16.8 Å². The molecule has 2 aliphatic carbocycles. The van der Waals surface area contributed by atoms with Crippen LogP contribution in [0, 0.1) is 17.8 Å². The molecule has 4 atom stereocenters. The van der Waals surface area contributed by atoms with E-state index in [1.165, 1.54) is 31.1 Å². The first kappa shape index (κ1) is 12.1. The summed E-state index contributed by atoms with van der Waals surface area (Å²) in [6.45, 7) is 2.31. The molecule has 1 N–H and O–H groups in total. The lowest BCUT2D eigenvalue weighted by molar-refractivity contribution is 0.304. The number of rotatable bonds is 3. The molecule has 2 aromatic rings. The Morgan fingerprint density at radius 3 is 2.90 bits per heavy atom. The third-order valence-electron chi connectivity index (χ3n) is 5.37. The highest BCUT2D eigenvalue weighted by Gasteiger charge is 2.41. The van der Waals surface area contributed by atoms with E-state index in [0.717, 1.165) is 29.0 Å². The van der Waals surface area contributed by atoms with Gasteiger partial charge in [0.15, 0.2) is 5.82 Å². The molecule has 2 fully saturated rings. The predicted molar refractivity (Wildman–Crippen MR) is 81.6 cm³/mol. The van der Waals surface area contributed by atoms with Crippen LogP contribution in [0.25, 0.3) is 10.8 Å². The smallest absolute Gasteiger partial charge is 0.156 e. The summed E-state index contributed by atoms with van der Waals surface area (Å²) in [6.07, 6.45) is 7.59. The van der Waals surface area contributed by atoms with Crippen LogP contribution in [-0.2, 0) is 0 Å². The minimum atomic E-state index is 0.491. The second-order valence-corrected chi connectivity index (χ2v) is 6.55. The molecular weight excluding hydrogens is 246 g/mol. The van der Waals surface area contributed by atoms with Crippen molar-refractivity contribution in [2.45, 2.75) is 38.6 Å². The van der Waals surface area contributed by atoms with Crippen molar-refractivity contribution >= 4 is 16.6 Å². The van der Waals surface area contributed by atoms with Gasteiger partial charge in [-0.2, -0.15) is 5.10 Å². The van der Waals surface area contributed by atoms with Gasteiger partial charge in [-0.1, -0.05) is 30.7 Å². The van der Waals surface area contributed by atoms with Crippen LogP contribution in [0.1, 0.15) is 32.6 Å². The first-order valence-electron chi connectivity index (χ1n) is 7.78. The topological polar surface area (TPSA) is 37.8 Å². The Bertz CT molecular complexity index is 619. The maximum atomic E-state index is 4.32. The third kappa shape index (κ3) is 1.96. The summed E-state index contributed by atoms with van der Waals surface area (Å²) >= 11 is 0. The molecule has 2 aliphatic rings. The van der Waals surface area contributed by atoms with Crippen molar-refractivity contribution in [3.8, 4) is 0 Å². The van der Waals surface area contributed by atoms with Crippen LogP contribution in [0.5, 0.6) is 0 Å². The van der Waals surface area contributed by atoms with Crippen LogP contribution in [0.15, 0.2) is 30.5 Å². The number of nitrogens with one attached hydrogen (secondary N) is 1. The normalized spacial score (nSPS) is 29.8. The van der Waals surface area contributed by atoms with E-state index in [-0.39, 0.29) is 0 Å². The third-order valence-corrected chi connectivity index (χ3v) is 5.37. The maximum Gasteiger partial charge on any atom is 0.156 e. The van der Waals surface area contributed by atoms with Gasteiger partial charge in [-0.3, -0.25) is 0 Å². The Hall–Kier alpha value is -1.64. The Labute approximate surface area is 119 Å². The van der Waals surface area contributed by atoms with Crippen LogP contribution < -0.4 is 5.32 Å². The second kappa shape index (κ2) is 4.72. The Morgan fingerprint density at radius 2 is 2.10 bits per heavy atom. The minimum Gasteiger partial charge on any atom is -0.365 e. The van der Waals surface area contributed by atoms with E-state index < -0.39 is 0 Å². The summed E-state index contributed by atoms with van der Waals surface area (Å²) in [7, 11) is 0. The Kier molecular flexibility index (Phi) is 2.86. The van der Waals surface area contributed by atoms with Crippen LogP contribution in [0.4, 0.5) is 5.82 Å². The monoisotopic (exact) mass is 267 g/mol. The van der Waals surface area contributed by atoms with Crippen molar-refractivity contribution in [3.05, 3.63) is 30.5 Å². The zero-order chi connectivity index (χ0) is 13.5. The molecule has 0 aliphatic heterocycles. The van der Waals surface area contributed by atoms with E-state index in [2.05, 4.69) is 40.6 Å². The van der Waals surface area contributed by atoms with Crippen LogP contribution in [0.2, 0.25) is 0 Å². The molecule has 0 spiro atoms. The lowest BCUT2D eigenvalue weighted by Crippen LogP contribution is -2.30. The van der Waals surface area contributed by atoms with E-state index in [9.17, 15) is 0 Å². The molecule has 2 bridgehead atoms. The molecule has 4 rings (SSSR count). The van der Waals surface area contributed by atoms with Gasteiger partial charge in [0.2, 0.25) is 0 Å². The molecule has 1 aromatic carbocycles. The summed E-state index contributed by atoms with van der Waals surface area (Å²) in [5.74, 6) is 3.69. The van der Waals surface area contributed by atoms with E-state index >= 15 is 0 Å². The quantitative estimate of drug-likeness (QED) is 0.917. The zero-order valence-electron chi connectivity index (χ0n) is 11.9. The van der Waals surface area contributed by atoms with Crippen molar-refractivity contribution in [2.24, 2.45) is 17.8 Å². The van der Waals surface area contributed by atoms with E-state index in [1.54, 1.807) is 0 Å². The van der Waals surface area contributed by atoms with Gasteiger partial charge in [-0.15, -0.1) is 5.10 Å². The Morgan fingerprint density at radius 1 is 1.20 bits per heavy atom. The zero-order valence-corrected chi connectivity index (χ0v) is 11.9. The van der Waals surface area contributed by atoms with E-state index in [4.69, 9.17) is 0 Å². The molecule has 104 valence electrons. The van der Waals surface area contributed by atoms with Crippen LogP contribution >= 0.6 is 0 Å². The number of hydrogen-bond donors (Lipinski definition) is 1. The molecule has 0 radical (unpaired) electrons. The summed E-state index contributed by atoms with van der Waals surface area (Å²) in [5, 5.41) is 14.4. The summed E-state index contributed by atoms with van der Waals surface area (Å²) in [5.41, 5.74) is 0. The number of fused-ring (bicyclic) bond motifs is 3. The largest absolute Gasteiger partial charge is 0.365 e. The van der Waals surface area contributed by atoms with Crippen molar-refractivity contribution in [1.82, 2.24) is 10.2 Å². The van der Waals surface area contributed by atoms with Crippen molar-refractivity contribution in [3.63, 3.8) is 0 Å². The molecule has 1 aromatic heterocycles. The molecule has 2 saturated carbocycles. The highest BCUT2D eigenvalue weighted by atomic mass is 15.2. The summed E-state index contributed by atoms with van der Waals surface area (Å²) in [4.78, 5) is 0. The number of anilines is 1. The van der Waals surface area contributed by atoms with Gasteiger partial charge in [0.05, 0.1) is 6.20 Å². The lowest BCUT2D eigenvalue weighted by atomic mass is 9.84. The molecule has 4 unspecified atom stereocenters. The number of hydrogen-bond acceptors (Lipinski definition) is 3. The van der Waals surface area contributed by atoms with Gasteiger partial charge < -0.3 is 5.32 Å². The average molecular weight is 267 g/mol. The van der Waals surface area contributed by atoms with Crippen molar-refractivity contribution in [1.29, 1.82) is 0 Å². The van der Waals surface area contributed by atoms with Gasteiger partial charge in [-0.25, -0.2) is 0 Å². The van der Waals surface area contributed by atoms with E-state index in [1.807, 2.05) is 12.3 Å². The van der Waals surface area contributed by atoms with Gasteiger partial charge in [-0.05, 0) is 43.9 Å². The SMILES string of the molecule is CC(Nc1nncc2ccccc12)C1CC2CCC1C2. The molecule has 20 heavy (non-hydrogen) atoms. The molecule has 0 saturated heterocycles. The molecule has 3 heteroatoms. The molecule has 3 nitrogen and oxygen atoms in total. The predicted octanol–water partition coefficient (Wildman–Crippen LogP) is 3.87. The first-order valence-corrected chi connectivity index (χ1v) is 7.78. The lowest BCUT2D eigenvalue weighted by Gasteiger charge is -2.29. The summed E-state index contributed by atoms with van der Waals surface area (Å²) in [6, 6.07) is 8.83. The van der Waals surface area contributed by atoms with Crippen LogP contribution in [-0.4, -0.2) is 16.2 Å². The fourth-order valence-corrected chi connectivity index (χ4v) is 4.36. The first-order chi connectivity index (χ1) is 9.81. The number of aromatic nitrogens is 2. The minimum absolute atomic E-state index is 0.491. The van der Waals surface area contributed by atoms with Crippen molar-refractivity contribution in [2.75, 3.05) is 5.32 Å². The molecule has 1 heterocycles. The van der Waals surface area contributed by atoms with Gasteiger partial charge >= 0.3 is 0 Å². The van der Waals surface area contributed by atoms with Gasteiger partial charge in [0.1, 0.15) is 0 Å². The molecule has 0 amide bonds. The number of benzene rings is 1. The van der Waals surface area contributed by atoms with Crippen LogP contribution in [0.3, 0.4) is 0 Å². The standard InChI is InChI=1S/C17H21N3/c1-11(16-9-12-6-7-13(16)8-12)19-17-15-5-3-2-4-14(15)10-18-20-17/h2-5,10-13,16H,6-9H2,1H3,(H,19,20). The van der Waals surface area contributed by atoms with Crippen molar-refractivity contribution < 1.29 is 0 Å². The highest BCUT2D eigenvalue weighted by Crippen LogP contribution is 2.49. The number of nitrogens with zero attached hydrogens (tertiary/aromatic N) is 2. The van der Waals surface area contributed by atoms with E-state index in [0.29, 0.717) is 6.04 Å². The molecular formula is C17H21N3. The van der Waals surface area contributed by atoms with Gasteiger partial charge in [0.25, 0.3) is 0 Å². The maximum absolute atomic E-state index is 4.32.